The summed E-state index contributed by atoms with van der Waals surface area (Å²) in [6, 6.07) is 10.4. The first-order valence-electron chi connectivity index (χ1n) is 7.57. The van der Waals surface area contributed by atoms with Crippen molar-refractivity contribution in [1.29, 1.82) is 0 Å². The van der Waals surface area contributed by atoms with Gasteiger partial charge in [-0.05, 0) is 55.8 Å². The average molecular weight is 316 g/mol. The molecule has 1 N–H and O–H groups in total. The Bertz CT molecular complexity index is 730. The molecule has 2 aromatic rings. The van der Waals surface area contributed by atoms with Crippen LogP contribution < -0.4 is 10.2 Å². The molecule has 1 aliphatic rings. The van der Waals surface area contributed by atoms with E-state index in [-0.39, 0.29) is 29.6 Å². The van der Waals surface area contributed by atoms with Gasteiger partial charge in [0.1, 0.15) is 11.6 Å². The van der Waals surface area contributed by atoms with Crippen molar-refractivity contribution in [1.82, 2.24) is 0 Å². The molecule has 1 aliphatic heterocycles. The van der Waals surface area contributed by atoms with E-state index in [9.17, 15) is 13.6 Å². The van der Waals surface area contributed by atoms with Gasteiger partial charge in [-0.15, -0.1) is 0 Å². The number of hydrogen-bond acceptors (Lipinski definition) is 2. The molecule has 23 heavy (non-hydrogen) atoms. The van der Waals surface area contributed by atoms with Crippen molar-refractivity contribution in [2.75, 3.05) is 10.2 Å². The molecule has 0 saturated heterocycles. The van der Waals surface area contributed by atoms with E-state index >= 15 is 0 Å². The fourth-order valence-electron chi connectivity index (χ4n) is 3.20. The highest BCUT2D eigenvalue weighted by Crippen LogP contribution is 2.39. The molecule has 0 bridgehead atoms. The van der Waals surface area contributed by atoms with Crippen molar-refractivity contribution in [2.45, 2.75) is 32.4 Å². The molecule has 3 rings (SSSR count). The Balaban J connectivity index is 1.98. The van der Waals surface area contributed by atoms with Gasteiger partial charge in [-0.2, -0.15) is 0 Å². The Morgan fingerprint density at radius 2 is 1.78 bits per heavy atom. The average Bonchev–Trinajstić information content (AvgIpc) is 2.49. The molecule has 3 nitrogen and oxygen atoms in total. The van der Waals surface area contributed by atoms with Gasteiger partial charge in [-0.25, -0.2) is 8.78 Å². The second-order valence-corrected chi connectivity index (χ2v) is 5.88. The van der Waals surface area contributed by atoms with Crippen molar-refractivity contribution >= 4 is 17.3 Å². The molecule has 0 unspecified atom stereocenters. The largest absolute Gasteiger partial charge is 0.378 e. The van der Waals surface area contributed by atoms with Crippen LogP contribution in [-0.4, -0.2) is 11.9 Å². The molecule has 120 valence electrons. The van der Waals surface area contributed by atoms with E-state index in [1.54, 1.807) is 23.1 Å². The number of halogens is 2. The monoisotopic (exact) mass is 316 g/mol. The predicted molar refractivity (Wildman–Crippen MR) is 86.4 cm³/mol. The van der Waals surface area contributed by atoms with Crippen molar-refractivity contribution < 1.29 is 13.6 Å². The van der Waals surface area contributed by atoms with Crippen LogP contribution in [0.2, 0.25) is 0 Å². The van der Waals surface area contributed by atoms with Gasteiger partial charge < -0.3 is 10.2 Å². The van der Waals surface area contributed by atoms with Gasteiger partial charge in [0.15, 0.2) is 0 Å². The van der Waals surface area contributed by atoms with Crippen LogP contribution >= 0.6 is 0 Å². The SMILES string of the molecule is CC(=O)N1c2ccc(F)cc2[C@@H](Nc2ccc(F)cc2)C[C@@H]1C. The van der Waals surface area contributed by atoms with Crippen molar-refractivity contribution in [2.24, 2.45) is 0 Å². The van der Waals surface area contributed by atoms with Gasteiger partial charge in [-0.3, -0.25) is 4.79 Å². The first-order valence-corrected chi connectivity index (χ1v) is 7.57. The molecular weight excluding hydrogens is 298 g/mol. The first kappa shape index (κ1) is 15.5. The van der Waals surface area contributed by atoms with Crippen molar-refractivity contribution in [3.63, 3.8) is 0 Å². The summed E-state index contributed by atoms with van der Waals surface area (Å²) in [6.45, 7) is 3.48. The molecule has 1 heterocycles. The van der Waals surface area contributed by atoms with Gasteiger partial charge in [0.05, 0.1) is 6.04 Å². The summed E-state index contributed by atoms with van der Waals surface area (Å²) in [5, 5.41) is 3.31. The highest BCUT2D eigenvalue weighted by Gasteiger charge is 2.32. The van der Waals surface area contributed by atoms with E-state index in [0.717, 1.165) is 16.9 Å². The summed E-state index contributed by atoms with van der Waals surface area (Å²) in [5.41, 5.74) is 2.22. The maximum absolute atomic E-state index is 13.7. The molecule has 2 atom stereocenters. The van der Waals surface area contributed by atoms with Gasteiger partial charge >= 0.3 is 0 Å². The van der Waals surface area contributed by atoms with Crippen LogP contribution in [0.1, 0.15) is 31.9 Å². The molecule has 0 radical (unpaired) electrons. The number of rotatable bonds is 2. The molecule has 0 aliphatic carbocycles. The molecule has 0 aromatic heterocycles. The number of carbonyl (C=O) groups excluding carboxylic acids is 1. The van der Waals surface area contributed by atoms with Crippen molar-refractivity contribution in [3.05, 3.63) is 59.7 Å². The molecule has 0 fully saturated rings. The van der Waals surface area contributed by atoms with E-state index in [0.29, 0.717) is 6.42 Å². The lowest BCUT2D eigenvalue weighted by Crippen LogP contribution is -2.43. The van der Waals surface area contributed by atoms with Crippen LogP contribution in [0, 0.1) is 11.6 Å². The molecule has 0 saturated carbocycles. The fraction of sp³-hybridized carbons (Fsp3) is 0.278. The smallest absolute Gasteiger partial charge is 0.224 e. The minimum absolute atomic E-state index is 0.0107. The quantitative estimate of drug-likeness (QED) is 0.897. The van der Waals surface area contributed by atoms with Crippen molar-refractivity contribution in [3.8, 4) is 0 Å². The minimum Gasteiger partial charge on any atom is -0.378 e. The topological polar surface area (TPSA) is 32.3 Å². The summed E-state index contributed by atoms with van der Waals surface area (Å²) in [5.74, 6) is -0.708. The standard InChI is InChI=1S/C18H18F2N2O/c1-11-9-17(21-15-6-3-13(19)4-7-15)16-10-14(20)5-8-18(16)22(11)12(2)23/h3-8,10-11,17,21H,9H2,1-2H3/t11-,17-/m0/s1. The summed E-state index contributed by atoms with van der Waals surface area (Å²) in [4.78, 5) is 13.6. The van der Waals surface area contributed by atoms with E-state index in [1.165, 1.54) is 31.2 Å². The normalized spacial score (nSPS) is 20.1. The molecule has 2 aromatic carbocycles. The van der Waals surface area contributed by atoms with Crippen LogP contribution in [0.15, 0.2) is 42.5 Å². The van der Waals surface area contributed by atoms with Crippen LogP contribution in [0.3, 0.4) is 0 Å². The summed E-state index contributed by atoms with van der Waals surface area (Å²) < 4.78 is 26.7. The number of fused-ring (bicyclic) bond motifs is 1. The lowest BCUT2D eigenvalue weighted by atomic mass is 9.91. The van der Waals surface area contributed by atoms with Crippen LogP contribution in [0.4, 0.5) is 20.2 Å². The molecular formula is C18H18F2N2O. The number of anilines is 2. The van der Waals surface area contributed by atoms with Crippen LogP contribution in [-0.2, 0) is 4.79 Å². The Hall–Kier alpha value is -2.43. The number of hydrogen-bond donors (Lipinski definition) is 1. The van der Waals surface area contributed by atoms with E-state index in [1.807, 2.05) is 6.92 Å². The Morgan fingerprint density at radius 3 is 2.43 bits per heavy atom. The van der Waals surface area contributed by atoms with E-state index < -0.39 is 0 Å². The Morgan fingerprint density at radius 1 is 1.13 bits per heavy atom. The third-order valence-electron chi connectivity index (χ3n) is 4.17. The zero-order chi connectivity index (χ0) is 16.6. The third-order valence-corrected chi connectivity index (χ3v) is 4.17. The maximum Gasteiger partial charge on any atom is 0.224 e. The third kappa shape index (κ3) is 3.04. The highest BCUT2D eigenvalue weighted by atomic mass is 19.1. The summed E-state index contributed by atoms with van der Waals surface area (Å²) >= 11 is 0. The predicted octanol–water partition coefficient (Wildman–Crippen LogP) is 4.26. The zero-order valence-corrected chi connectivity index (χ0v) is 13.0. The zero-order valence-electron chi connectivity index (χ0n) is 13.0. The highest BCUT2D eigenvalue weighted by molar-refractivity contribution is 5.93. The Labute approximate surface area is 133 Å². The van der Waals surface area contributed by atoms with Crippen LogP contribution in [0.5, 0.6) is 0 Å². The number of benzene rings is 2. The van der Waals surface area contributed by atoms with E-state index in [2.05, 4.69) is 5.32 Å². The minimum atomic E-state index is -0.340. The van der Waals surface area contributed by atoms with Crippen LogP contribution in [0.25, 0.3) is 0 Å². The van der Waals surface area contributed by atoms with Gasteiger partial charge in [0.25, 0.3) is 0 Å². The lowest BCUT2D eigenvalue weighted by molar-refractivity contribution is -0.117. The van der Waals surface area contributed by atoms with Gasteiger partial charge in [-0.1, -0.05) is 0 Å². The van der Waals surface area contributed by atoms with Gasteiger partial charge in [0, 0.05) is 29.9 Å². The molecule has 1 amide bonds. The molecule has 0 spiro atoms. The molecule has 5 heteroatoms. The lowest BCUT2D eigenvalue weighted by Gasteiger charge is -2.39. The second kappa shape index (κ2) is 5.99. The number of carbonyl (C=O) groups is 1. The number of nitrogens with zero attached hydrogens (tertiary/aromatic N) is 1. The fourth-order valence-corrected chi connectivity index (χ4v) is 3.20. The second-order valence-electron chi connectivity index (χ2n) is 5.88. The summed E-state index contributed by atoms with van der Waals surface area (Å²) in [6.07, 6.45) is 0.646. The number of nitrogens with one attached hydrogen (secondary N) is 1. The maximum atomic E-state index is 13.7. The first-order chi connectivity index (χ1) is 11.0. The van der Waals surface area contributed by atoms with Gasteiger partial charge in [0.2, 0.25) is 5.91 Å². The summed E-state index contributed by atoms with van der Waals surface area (Å²) in [7, 11) is 0. The van der Waals surface area contributed by atoms with E-state index in [4.69, 9.17) is 0 Å². The number of amides is 1. The Kier molecular flexibility index (Phi) is 4.03.